The summed E-state index contributed by atoms with van der Waals surface area (Å²) < 4.78 is 0. The van der Waals surface area contributed by atoms with Crippen molar-refractivity contribution in [2.45, 2.75) is 105 Å². The fourth-order valence-corrected chi connectivity index (χ4v) is 11.8. The van der Waals surface area contributed by atoms with Crippen LogP contribution in [0.2, 0.25) is 0 Å². The number of fused-ring (bicyclic) bond motifs is 7. The molecule has 0 aromatic heterocycles. The van der Waals surface area contributed by atoms with Crippen molar-refractivity contribution in [3.63, 3.8) is 0 Å². The molecule has 1 aromatic rings. The maximum atomic E-state index is 12.5. The normalized spacial score (nSPS) is 42.4. The largest absolute Gasteiger partial charge is 0.481 e. The van der Waals surface area contributed by atoms with Gasteiger partial charge in [-0.05, 0) is 127 Å². The highest BCUT2D eigenvalue weighted by molar-refractivity contribution is 5.76. The fraction of sp³-hybridized carbons (Fsp3) is 0.714. The summed E-state index contributed by atoms with van der Waals surface area (Å²) in [7, 11) is 0. The molecule has 0 heterocycles. The van der Waals surface area contributed by atoms with Crippen molar-refractivity contribution >= 4 is 17.5 Å². The van der Waals surface area contributed by atoms with Gasteiger partial charge in [-0.3, -0.25) is 9.59 Å². The molecule has 0 spiro atoms. The van der Waals surface area contributed by atoms with Crippen LogP contribution < -0.4 is 0 Å². The second-order valence-corrected chi connectivity index (χ2v) is 15.1. The van der Waals surface area contributed by atoms with Gasteiger partial charge in [-0.25, -0.2) is 0 Å². The third-order valence-corrected chi connectivity index (χ3v) is 13.4. The Hall–Kier alpha value is -2.10. The van der Waals surface area contributed by atoms with Gasteiger partial charge in [-0.2, -0.15) is 0 Å². The van der Waals surface area contributed by atoms with Gasteiger partial charge in [-0.15, -0.1) is 0 Å². The van der Waals surface area contributed by atoms with Gasteiger partial charge in [0.1, 0.15) is 0 Å². The molecule has 39 heavy (non-hydrogen) atoms. The summed E-state index contributed by atoms with van der Waals surface area (Å²) in [6.45, 7) is 10.1. The molecule has 1 aromatic carbocycles. The lowest BCUT2D eigenvalue weighted by molar-refractivity contribution is -0.187. The Morgan fingerprint density at radius 2 is 1.67 bits per heavy atom. The summed E-state index contributed by atoms with van der Waals surface area (Å²) in [6, 6.07) is 8.61. The standard InChI is InChI=1S/C35H48O4/c1-32(2)25(23-8-5-7-22(21-23)10-13-30(36)37)14-18-34(4)28(32)16-19-33(3)26-15-20-35(31(38)39)17-6-9-27(35)24(26)11-12-29(33)34/h5,7-8,14,21,24,26-29H,6,9-13,15-20H2,1-4H3,(H,36,37)(H,38,39)/t24-,26?,27?,28?,29?,33-,34-,35-/m0/s1. The van der Waals surface area contributed by atoms with Crippen LogP contribution in [0.25, 0.3) is 5.57 Å². The molecule has 5 aliphatic carbocycles. The van der Waals surface area contributed by atoms with Crippen LogP contribution in [0.1, 0.15) is 109 Å². The number of rotatable bonds is 5. The van der Waals surface area contributed by atoms with Crippen molar-refractivity contribution < 1.29 is 19.8 Å². The van der Waals surface area contributed by atoms with Gasteiger partial charge in [0.25, 0.3) is 0 Å². The lowest BCUT2D eigenvalue weighted by Gasteiger charge is -2.68. The lowest BCUT2D eigenvalue weighted by atomic mass is 9.36. The SMILES string of the molecule is CC1(C)C(c2cccc(CCC(=O)O)c2)=CC[C@@]2(C)C1CC[C@@]1(C)C3CC[C@@]4(C(=O)O)CCCC4[C@H]3CCC12. The van der Waals surface area contributed by atoms with E-state index in [2.05, 4.69) is 58.0 Å². The number of allylic oxidation sites excluding steroid dienone is 2. The number of hydrogen-bond donors (Lipinski definition) is 2. The molecule has 0 saturated heterocycles. The van der Waals surface area contributed by atoms with Crippen molar-refractivity contribution in [1.82, 2.24) is 0 Å². The minimum atomic E-state index is -0.743. The molecule has 212 valence electrons. The Morgan fingerprint density at radius 1 is 0.872 bits per heavy atom. The maximum absolute atomic E-state index is 12.5. The van der Waals surface area contributed by atoms with Crippen LogP contribution in [-0.4, -0.2) is 22.2 Å². The van der Waals surface area contributed by atoms with E-state index in [1.165, 1.54) is 36.8 Å². The quantitative estimate of drug-likeness (QED) is 0.400. The molecule has 2 N–H and O–H groups in total. The first-order valence-corrected chi connectivity index (χ1v) is 15.7. The molecule has 4 fully saturated rings. The van der Waals surface area contributed by atoms with Crippen molar-refractivity contribution in [3.05, 3.63) is 41.5 Å². The van der Waals surface area contributed by atoms with Gasteiger partial charge in [0.15, 0.2) is 0 Å². The Labute approximate surface area is 234 Å². The zero-order valence-corrected chi connectivity index (χ0v) is 24.5. The molecule has 0 bridgehead atoms. The number of aliphatic carboxylic acids is 2. The van der Waals surface area contributed by atoms with E-state index >= 15 is 0 Å². The second kappa shape index (κ2) is 9.21. The van der Waals surface area contributed by atoms with Crippen LogP contribution in [0, 0.1) is 51.2 Å². The van der Waals surface area contributed by atoms with E-state index in [4.69, 9.17) is 5.11 Å². The Bertz CT molecular complexity index is 1200. The summed E-state index contributed by atoms with van der Waals surface area (Å²) in [5.74, 6) is 1.69. The monoisotopic (exact) mass is 532 g/mol. The molecule has 4 heteroatoms. The first kappa shape index (κ1) is 27.1. The Balaban J connectivity index is 1.30. The number of benzene rings is 1. The Kier molecular flexibility index (Phi) is 6.40. The van der Waals surface area contributed by atoms with Crippen LogP contribution in [0.15, 0.2) is 30.3 Å². The van der Waals surface area contributed by atoms with Crippen LogP contribution in [0.5, 0.6) is 0 Å². The molecule has 4 saturated carbocycles. The molecule has 0 amide bonds. The highest BCUT2D eigenvalue weighted by Gasteiger charge is 2.66. The van der Waals surface area contributed by atoms with Gasteiger partial charge < -0.3 is 10.2 Å². The van der Waals surface area contributed by atoms with Crippen molar-refractivity contribution in [3.8, 4) is 0 Å². The molecule has 5 aliphatic rings. The van der Waals surface area contributed by atoms with Crippen LogP contribution >= 0.6 is 0 Å². The summed E-state index contributed by atoms with van der Waals surface area (Å²) in [5, 5.41) is 19.5. The van der Waals surface area contributed by atoms with Gasteiger partial charge in [0.05, 0.1) is 5.41 Å². The zero-order valence-electron chi connectivity index (χ0n) is 24.5. The third kappa shape index (κ3) is 3.90. The summed E-state index contributed by atoms with van der Waals surface area (Å²) in [4.78, 5) is 23.7. The predicted molar refractivity (Wildman–Crippen MR) is 154 cm³/mol. The summed E-state index contributed by atoms with van der Waals surface area (Å²) in [6.07, 6.45) is 14.5. The topological polar surface area (TPSA) is 74.6 Å². The van der Waals surface area contributed by atoms with Crippen molar-refractivity contribution in [2.75, 3.05) is 0 Å². The number of carboxylic acid groups (broad SMARTS) is 2. The Morgan fingerprint density at radius 3 is 2.41 bits per heavy atom. The van der Waals surface area contributed by atoms with Gasteiger partial charge in [0.2, 0.25) is 0 Å². The number of hydrogen-bond acceptors (Lipinski definition) is 2. The van der Waals surface area contributed by atoms with Gasteiger partial charge in [0, 0.05) is 6.42 Å². The van der Waals surface area contributed by atoms with Crippen LogP contribution in [0.3, 0.4) is 0 Å². The minimum absolute atomic E-state index is 0.0487. The van der Waals surface area contributed by atoms with Crippen LogP contribution in [-0.2, 0) is 16.0 Å². The van der Waals surface area contributed by atoms with E-state index < -0.39 is 17.4 Å². The minimum Gasteiger partial charge on any atom is -0.481 e. The lowest BCUT2D eigenvalue weighted by Crippen LogP contribution is -2.61. The third-order valence-electron chi connectivity index (χ3n) is 13.4. The number of carbonyl (C=O) groups is 2. The number of carboxylic acids is 2. The average molecular weight is 533 g/mol. The predicted octanol–water partition coefficient (Wildman–Crippen LogP) is 8.25. The zero-order chi connectivity index (χ0) is 27.8. The van der Waals surface area contributed by atoms with E-state index in [1.807, 2.05) is 0 Å². The van der Waals surface area contributed by atoms with Gasteiger partial charge >= 0.3 is 11.9 Å². The molecule has 8 atom stereocenters. The van der Waals surface area contributed by atoms with Crippen molar-refractivity contribution in [2.24, 2.45) is 51.2 Å². The van der Waals surface area contributed by atoms with E-state index in [0.717, 1.165) is 44.1 Å². The van der Waals surface area contributed by atoms with Crippen LogP contribution in [0.4, 0.5) is 0 Å². The molecule has 4 unspecified atom stereocenters. The summed E-state index contributed by atoms with van der Waals surface area (Å²) in [5.41, 5.74) is 3.98. The van der Waals surface area contributed by atoms with E-state index in [9.17, 15) is 14.7 Å². The molecule has 0 aliphatic heterocycles. The first-order chi connectivity index (χ1) is 18.4. The second-order valence-electron chi connectivity index (χ2n) is 15.1. The molecule has 0 radical (unpaired) electrons. The smallest absolute Gasteiger partial charge is 0.309 e. The average Bonchev–Trinajstić information content (AvgIpc) is 3.33. The number of aryl methyl sites for hydroxylation is 1. The van der Waals surface area contributed by atoms with E-state index in [0.29, 0.717) is 41.4 Å². The molecule has 4 nitrogen and oxygen atoms in total. The molecular weight excluding hydrogens is 484 g/mol. The van der Waals surface area contributed by atoms with E-state index in [-0.39, 0.29) is 17.3 Å². The van der Waals surface area contributed by atoms with E-state index in [1.54, 1.807) is 0 Å². The van der Waals surface area contributed by atoms with Gasteiger partial charge in [-0.1, -0.05) is 64.5 Å². The highest BCUT2D eigenvalue weighted by Crippen LogP contribution is 2.73. The fourth-order valence-electron chi connectivity index (χ4n) is 11.8. The highest BCUT2D eigenvalue weighted by atomic mass is 16.4. The molecular formula is C35H48O4. The summed E-state index contributed by atoms with van der Waals surface area (Å²) >= 11 is 0. The molecule has 6 rings (SSSR count). The van der Waals surface area contributed by atoms with Crippen molar-refractivity contribution in [1.29, 1.82) is 0 Å². The maximum Gasteiger partial charge on any atom is 0.309 e. The first-order valence-electron chi connectivity index (χ1n) is 15.7.